The summed E-state index contributed by atoms with van der Waals surface area (Å²) in [4.78, 5) is 17.3. The van der Waals surface area contributed by atoms with Crippen LogP contribution in [0, 0.1) is 12.8 Å². The Hall–Kier alpha value is -5.56. The molecule has 0 unspecified atom stereocenters. The average Bonchev–Trinajstić information content (AvgIpc) is 3.12. The van der Waals surface area contributed by atoms with Gasteiger partial charge in [0, 0.05) is 22.4 Å². The Morgan fingerprint density at radius 1 is 0.660 bits per heavy atom. The van der Waals surface area contributed by atoms with E-state index >= 15 is 0 Å². The number of hydrogen-bond acceptors (Lipinski definition) is 7. The summed E-state index contributed by atoms with van der Waals surface area (Å²) in [7, 11) is 0. The van der Waals surface area contributed by atoms with Crippen LogP contribution in [0.3, 0.4) is 0 Å². The van der Waals surface area contributed by atoms with Gasteiger partial charge in [-0.3, -0.25) is 4.98 Å². The number of carbonyl (C=O) groups is 1. The normalized spacial score (nSPS) is 16.7. The van der Waals surface area contributed by atoms with Gasteiger partial charge >= 0.3 is 5.97 Å². The van der Waals surface area contributed by atoms with E-state index in [9.17, 15) is 4.79 Å². The first kappa shape index (κ1) is 30.1. The van der Waals surface area contributed by atoms with Crippen LogP contribution in [0.15, 0.2) is 136 Å². The Morgan fingerprint density at radius 3 is 1.94 bits per heavy atom. The number of nitrogens with zero attached hydrogens (tertiary/aromatic N) is 5. The Morgan fingerprint density at radius 2 is 1.26 bits per heavy atom. The third-order valence-electron chi connectivity index (χ3n) is 9.05. The number of carbonyl (C=O) groups excluding carboxylic acids is 1. The van der Waals surface area contributed by atoms with Crippen molar-refractivity contribution >= 4 is 50.4 Å². The quantitative estimate of drug-likeness (QED) is 0.101. The lowest BCUT2D eigenvalue weighted by atomic mass is 9.79. The van der Waals surface area contributed by atoms with Gasteiger partial charge in [-0.15, -0.1) is 15.3 Å². The number of aromatic nitrogens is 1. The van der Waals surface area contributed by atoms with Crippen molar-refractivity contribution in [3.05, 3.63) is 132 Å². The summed E-state index contributed by atoms with van der Waals surface area (Å²) in [5.74, 6) is 1.56. The molecule has 0 atom stereocenters. The Balaban J connectivity index is 1.04. The highest BCUT2D eigenvalue weighted by Gasteiger charge is 2.20. The zero-order chi connectivity index (χ0) is 32.2. The summed E-state index contributed by atoms with van der Waals surface area (Å²) < 4.78 is 5.65. The number of rotatable bonds is 7. The van der Waals surface area contributed by atoms with E-state index < -0.39 is 5.97 Å². The molecule has 1 heterocycles. The summed E-state index contributed by atoms with van der Waals surface area (Å²) in [6, 6.07) is 34.5. The largest absolute Gasteiger partial charge is 0.423 e. The number of esters is 1. The number of azo groups is 2. The fourth-order valence-corrected chi connectivity index (χ4v) is 6.28. The highest BCUT2D eigenvalue weighted by atomic mass is 16.5. The molecule has 0 radical (unpaired) electrons. The molecule has 232 valence electrons. The van der Waals surface area contributed by atoms with E-state index in [-0.39, 0.29) is 0 Å². The van der Waals surface area contributed by atoms with Crippen molar-refractivity contribution in [2.24, 2.45) is 26.4 Å². The molecule has 5 aromatic carbocycles. The zero-order valence-electron chi connectivity index (χ0n) is 26.5. The Labute approximate surface area is 274 Å². The van der Waals surface area contributed by atoms with E-state index in [1.165, 1.54) is 31.2 Å². The van der Waals surface area contributed by atoms with Crippen molar-refractivity contribution in [1.82, 2.24) is 4.98 Å². The van der Waals surface area contributed by atoms with Crippen LogP contribution < -0.4 is 4.74 Å². The van der Waals surface area contributed by atoms with Gasteiger partial charge in [-0.2, -0.15) is 5.11 Å². The van der Waals surface area contributed by atoms with Crippen molar-refractivity contribution in [2.75, 3.05) is 0 Å². The van der Waals surface area contributed by atoms with Crippen molar-refractivity contribution in [1.29, 1.82) is 0 Å². The van der Waals surface area contributed by atoms with Gasteiger partial charge in [-0.25, -0.2) is 4.79 Å². The van der Waals surface area contributed by atoms with Crippen LogP contribution in [0.2, 0.25) is 0 Å². The van der Waals surface area contributed by atoms with Gasteiger partial charge in [0.15, 0.2) is 0 Å². The van der Waals surface area contributed by atoms with E-state index in [0.29, 0.717) is 28.6 Å². The van der Waals surface area contributed by atoms with Gasteiger partial charge in [-0.1, -0.05) is 62.2 Å². The van der Waals surface area contributed by atoms with E-state index in [0.717, 1.165) is 44.5 Å². The predicted molar refractivity (Wildman–Crippen MR) is 187 cm³/mol. The van der Waals surface area contributed by atoms with Crippen LogP contribution in [0.5, 0.6) is 5.75 Å². The van der Waals surface area contributed by atoms with Crippen LogP contribution in [-0.2, 0) is 0 Å². The molecule has 7 nitrogen and oxygen atoms in total. The second kappa shape index (κ2) is 13.4. The molecule has 0 aliphatic heterocycles. The summed E-state index contributed by atoms with van der Waals surface area (Å²) in [6.07, 6.45) is 6.79. The molecule has 0 spiro atoms. The maximum atomic E-state index is 12.8. The highest BCUT2D eigenvalue weighted by Crippen LogP contribution is 2.37. The molecule has 1 aliphatic rings. The lowest BCUT2D eigenvalue weighted by Gasteiger charge is -2.26. The third kappa shape index (κ3) is 6.70. The molecule has 0 saturated heterocycles. The van der Waals surface area contributed by atoms with Gasteiger partial charge in [0.05, 0.1) is 33.8 Å². The van der Waals surface area contributed by atoms with Crippen molar-refractivity contribution < 1.29 is 9.53 Å². The second-order valence-corrected chi connectivity index (χ2v) is 12.3. The number of pyridine rings is 1. The molecule has 0 bridgehead atoms. The minimum atomic E-state index is -0.404. The summed E-state index contributed by atoms with van der Waals surface area (Å²) >= 11 is 0. The first-order chi connectivity index (χ1) is 23.0. The predicted octanol–water partition coefficient (Wildman–Crippen LogP) is 12.0. The number of fused-ring (bicyclic) bond motifs is 2. The molecule has 7 rings (SSSR count). The smallest absolute Gasteiger partial charge is 0.343 e. The Bertz CT molecular complexity index is 2110. The molecule has 7 heteroatoms. The van der Waals surface area contributed by atoms with Crippen molar-refractivity contribution in [2.45, 2.75) is 45.4 Å². The maximum absolute atomic E-state index is 12.8. The lowest BCUT2D eigenvalue weighted by Crippen LogP contribution is -2.11. The third-order valence-corrected chi connectivity index (χ3v) is 9.05. The van der Waals surface area contributed by atoms with Crippen molar-refractivity contribution in [3.63, 3.8) is 0 Å². The van der Waals surface area contributed by atoms with Crippen LogP contribution in [-0.4, -0.2) is 11.0 Å². The number of benzene rings is 5. The number of ether oxygens (including phenoxy) is 1. The summed E-state index contributed by atoms with van der Waals surface area (Å²) in [5, 5.41) is 21.0. The van der Waals surface area contributed by atoms with Crippen LogP contribution in [0.4, 0.5) is 22.7 Å². The van der Waals surface area contributed by atoms with E-state index in [4.69, 9.17) is 4.74 Å². The monoisotopic (exact) mass is 617 g/mol. The summed E-state index contributed by atoms with van der Waals surface area (Å²) in [6.45, 7) is 4.37. The molecule has 1 saturated carbocycles. The maximum Gasteiger partial charge on any atom is 0.343 e. The van der Waals surface area contributed by atoms with Crippen LogP contribution in [0.25, 0.3) is 21.7 Å². The van der Waals surface area contributed by atoms with E-state index in [1.54, 1.807) is 30.5 Å². The lowest BCUT2D eigenvalue weighted by molar-refractivity contribution is 0.0734. The van der Waals surface area contributed by atoms with Gasteiger partial charge < -0.3 is 4.74 Å². The van der Waals surface area contributed by atoms with Crippen molar-refractivity contribution in [3.8, 4) is 5.75 Å². The van der Waals surface area contributed by atoms with Gasteiger partial charge in [0.2, 0.25) is 0 Å². The molecule has 1 fully saturated rings. The SMILES string of the molecule is Cc1ccc(N=Nc2ccc(N=Nc3ccc(C(=O)Oc4ccc(C5CCC(C)CC5)cc4)cc3)c3ccccc23)c2cccnc12. The average molecular weight is 618 g/mol. The topological polar surface area (TPSA) is 88.6 Å². The summed E-state index contributed by atoms with van der Waals surface area (Å²) in [5.41, 5.74) is 6.63. The molecular weight excluding hydrogens is 582 g/mol. The van der Waals surface area contributed by atoms with Gasteiger partial charge in [0.25, 0.3) is 0 Å². The highest BCUT2D eigenvalue weighted by molar-refractivity contribution is 6.00. The van der Waals surface area contributed by atoms with Gasteiger partial charge in [0.1, 0.15) is 5.75 Å². The van der Waals surface area contributed by atoms with Crippen LogP contribution in [0.1, 0.15) is 60.0 Å². The minimum Gasteiger partial charge on any atom is -0.423 e. The number of hydrogen-bond donors (Lipinski definition) is 0. The first-order valence-corrected chi connectivity index (χ1v) is 16.1. The molecule has 0 N–H and O–H groups in total. The second-order valence-electron chi connectivity index (χ2n) is 12.3. The fraction of sp³-hybridized carbons (Fsp3) is 0.200. The molecule has 6 aromatic rings. The number of aryl methyl sites for hydroxylation is 1. The minimum absolute atomic E-state index is 0.404. The molecule has 1 aromatic heterocycles. The van der Waals surface area contributed by atoms with E-state index in [2.05, 4.69) is 44.5 Å². The van der Waals surface area contributed by atoms with Gasteiger partial charge in [-0.05, 0) is 109 Å². The fourth-order valence-electron chi connectivity index (χ4n) is 6.28. The molecule has 0 amide bonds. The Kier molecular flexibility index (Phi) is 8.60. The van der Waals surface area contributed by atoms with E-state index in [1.807, 2.05) is 79.7 Å². The zero-order valence-corrected chi connectivity index (χ0v) is 26.5. The standard InChI is InChI=1S/C40H35N5O2/c1-26-9-12-28(13-10-26)29-16-20-32(21-17-29)47-40(46)30-14-18-31(19-15-30)42-43-36-23-24-37(34-7-4-3-6-33(34)36)44-45-38-22-11-27(2)39-35(38)8-5-25-41-39/h3-8,11,14-26,28H,9-10,12-13H2,1-2H3. The molecular formula is C40H35N5O2. The first-order valence-electron chi connectivity index (χ1n) is 16.1. The molecule has 47 heavy (non-hydrogen) atoms. The molecule has 1 aliphatic carbocycles. The van der Waals surface area contributed by atoms with Crippen LogP contribution >= 0.6 is 0 Å².